The van der Waals surface area contributed by atoms with Crippen LogP contribution in [0.25, 0.3) is 0 Å². The van der Waals surface area contributed by atoms with Gasteiger partial charge in [0.05, 0.1) is 17.2 Å². The molecule has 1 saturated heterocycles. The Morgan fingerprint density at radius 2 is 1.83 bits per heavy atom. The van der Waals surface area contributed by atoms with Crippen molar-refractivity contribution in [3.8, 4) is 6.07 Å². The first-order valence-electron chi connectivity index (χ1n) is 7.34. The van der Waals surface area contributed by atoms with Crippen LogP contribution in [-0.2, 0) is 9.59 Å². The van der Waals surface area contributed by atoms with E-state index in [9.17, 15) is 9.59 Å². The maximum absolute atomic E-state index is 12.4. The van der Waals surface area contributed by atoms with Gasteiger partial charge in [-0.25, -0.2) is 0 Å². The molecule has 1 heterocycles. The van der Waals surface area contributed by atoms with E-state index in [1.165, 1.54) is 0 Å². The molecular formula is C18H15N3O2. The number of nitrogens with zero attached hydrogens (tertiary/aromatic N) is 2. The van der Waals surface area contributed by atoms with E-state index >= 15 is 0 Å². The van der Waals surface area contributed by atoms with Crippen LogP contribution in [0.4, 0.5) is 11.4 Å². The molecule has 0 radical (unpaired) electrons. The molecule has 2 aromatic rings. The Bertz CT molecular complexity index is 780. The number of hydrogen-bond donors (Lipinski definition) is 1. The maximum atomic E-state index is 12.4. The molecule has 1 N–H and O–H groups in total. The van der Waals surface area contributed by atoms with E-state index in [4.69, 9.17) is 5.26 Å². The first-order chi connectivity index (χ1) is 11.2. The van der Waals surface area contributed by atoms with Crippen LogP contribution in [0.2, 0.25) is 0 Å². The number of para-hydroxylation sites is 2. The molecule has 1 unspecified atom stereocenters. The van der Waals surface area contributed by atoms with Crippen molar-refractivity contribution < 1.29 is 9.59 Å². The molecule has 0 saturated carbocycles. The number of nitriles is 1. The van der Waals surface area contributed by atoms with Crippen molar-refractivity contribution in [2.75, 3.05) is 16.8 Å². The number of amides is 2. The minimum absolute atomic E-state index is 0.0649. The minimum Gasteiger partial charge on any atom is -0.325 e. The highest BCUT2D eigenvalue weighted by atomic mass is 16.2. The minimum atomic E-state index is -0.422. The summed E-state index contributed by atoms with van der Waals surface area (Å²) < 4.78 is 0. The molecule has 0 spiro atoms. The van der Waals surface area contributed by atoms with Crippen molar-refractivity contribution in [2.24, 2.45) is 5.92 Å². The van der Waals surface area contributed by atoms with Crippen LogP contribution in [-0.4, -0.2) is 18.4 Å². The molecule has 5 nitrogen and oxygen atoms in total. The molecule has 1 aliphatic heterocycles. The smallest absolute Gasteiger partial charge is 0.229 e. The summed E-state index contributed by atoms with van der Waals surface area (Å²) in [5.41, 5.74) is 1.68. The zero-order chi connectivity index (χ0) is 16.2. The van der Waals surface area contributed by atoms with Crippen LogP contribution in [0.1, 0.15) is 12.0 Å². The van der Waals surface area contributed by atoms with Crippen molar-refractivity contribution >= 4 is 23.2 Å². The fraction of sp³-hybridized carbons (Fsp3) is 0.167. The summed E-state index contributed by atoms with van der Waals surface area (Å²) in [5, 5.41) is 11.8. The van der Waals surface area contributed by atoms with Gasteiger partial charge in [-0.3, -0.25) is 9.59 Å². The zero-order valence-electron chi connectivity index (χ0n) is 12.4. The molecule has 1 fully saturated rings. The number of rotatable bonds is 3. The van der Waals surface area contributed by atoms with Gasteiger partial charge in [0.2, 0.25) is 11.8 Å². The number of carbonyl (C=O) groups is 2. The van der Waals surface area contributed by atoms with E-state index in [-0.39, 0.29) is 18.2 Å². The highest BCUT2D eigenvalue weighted by molar-refractivity contribution is 6.03. The Labute approximate surface area is 134 Å². The van der Waals surface area contributed by atoms with Crippen LogP contribution >= 0.6 is 0 Å². The van der Waals surface area contributed by atoms with Gasteiger partial charge in [-0.15, -0.1) is 0 Å². The Balaban J connectivity index is 1.72. The molecule has 3 rings (SSSR count). The topological polar surface area (TPSA) is 73.2 Å². The molecule has 0 aliphatic carbocycles. The molecule has 2 amide bonds. The van der Waals surface area contributed by atoms with E-state index in [0.717, 1.165) is 5.69 Å². The standard InChI is InChI=1S/C18H15N3O2/c19-11-13-6-4-5-9-16(13)20-18(23)14-10-17(22)21(12-14)15-7-2-1-3-8-15/h1-9,14H,10,12H2,(H,20,23). The molecular weight excluding hydrogens is 290 g/mol. The van der Waals surface area contributed by atoms with Gasteiger partial charge in [-0.2, -0.15) is 5.26 Å². The van der Waals surface area contributed by atoms with Gasteiger partial charge >= 0.3 is 0 Å². The van der Waals surface area contributed by atoms with Crippen LogP contribution in [0.3, 0.4) is 0 Å². The highest BCUT2D eigenvalue weighted by Gasteiger charge is 2.35. The molecule has 23 heavy (non-hydrogen) atoms. The number of anilines is 2. The summed E-state index contributed by atoms with van der Waals surface area (Å²) in [4.78, 5) is 26.2. The predicted octanol–water partition coefficient (Wildman–Crippen LogP) is 2.55. The molecule has 2 aromatic carbocycles. The van der Waals surface area contributed by atoms with E-state index in [2.05, 4.69) is 5.32 Å². The highest BCUT2D eigenvalue weighted by Crippen LogP contribution is 2.26. The van der Waals surface area contributed by atoms with Gasteiger partial charge in [-0.05, 0) is 24.3 Å². The van der Waals surface area contributed by atoms with Gasteiger partial charge in [0.15, 0.2) is 0 Å². The lowest BCUT2D eigenvalue weighted by Gasteiger charge is -2.16. The lowest BCUT2D eigenvalue weighted by atomic mass is 10.1. The fourth-order valence-corrected chi connectivity index (χ4v) is 2.67. The Kier molecular flexibility index (Phi) is 4.07. The average molecular weight is 305 g/mol. The third-order valence-electron chi connectivity index (χ3n) is 3.87. The second-order valence-electron chi connectivity index (χ2n) is 5.39. The third kappa shape index (κ3) is 3.06. The van der Waals surface area contributed by atoms with Crippen molar-refractivity contribution in [2.45, 2.75) is 6.42 Å². The lowest BCUT2D eigenvalue weighted by molar-refractivity contribution is -0.122. The first kappa shape index (κ1) is 14.8. The van der Waals surface area contributed by atoms with Gasteiger partial charge in [0.25, 0.3) is 0 Å². The molecule has 1 atom stereocenters. The van der Waals surface area contributed by atoms with Crippen molar-refractivity contribution in [1.82, 2.24) is 0 Å². The fourth-order valence-electron chi connectivity index (χ4n) is 2.67. The SMILES string of the molecule is N#Cc1ccccc1NC(=O)C1CC(=O)N(c2ccccc2)C1. The largest absolute Gasteiger partial charge is 0.325 e. The van der Waals surface area contributed by atoms with E-state index in [0.29, 0.717) is 17.8 Å². The van der Waals surface area contributed by atoms with Crippen molar-refractivity contribution in [3.63, 3.8) is 0 Å². The predicted molar refractivity (Wildman–Crippen MR) is 86.7 cm³/mol. The summed E-state index contributed by atoms with van der Waals surface area (Å²) in [6.07, 6.45) is 0.176. The molecule has 1 aliphatic rings. The maximum Gasteiger partial charge on any atom is 0.229 e. The quantitative estimate of drug-likeness (QED) is 0.947. The summed E-state index contributed by atoms with van der Waals surface area (Å²) in [6, 6.07) is 18.2. The van der Waals surface area contributed by atoms with Crippen LogP contribution < -0.4 is 10.2 Å². The molecule has 0 aromatic heterocycles. The van der Waals surface area contributed by atoms with Crippen LogP contribution in [0, 0.1) is 17.2 Å². The Hall–Kier alpha value is -3.13. The zero-order valence-corrected chi connectivity index (χ0v) is 12.4. The number of nitrogens with one attached hydrogen (secondary N) is 1. The Morgan fingerprint density at radius 1 is 1.13 bits per heavy atom. The average Bonchev–Trinajstić information content (AvgIpc) is 2.98. The second-order valence-corrected chi connectivity index (χ2v) is 5.39. The van der Waals surface area contributed by atoms with Crippen LogP contribution in [0.5, 0.6) is 0 Å². The lowest BCUT2D eigenvalue weighted by Crippen LogP contribution is -2.28. The normalized spacial score (nSPS) is 16.9. The third-order valence-corrected chi connectivity index (χ3v) is 3.87. The summed E-state index contributed by atoms with van der Waals surface area (Å²) >= 11 is 0. The number of benzene rings is 2. The van der Waals surface area contributed by atoms with Crippen molar-refractivity contribution in [1.29, 1.82) is 5.26 Å². The van der Waals surface area contributed by atoms with Crippen molar-refractivity contribution in [3.05, 3.63) is 60.2 Å². The number of hydrogen-bond acceptors (Lipinski definition) is 3. The monoisotopic (exact) mass is 305 g/mol. The summed E-state index contributed by atoms with van der Waals surface area (Å²) in [6.45, 7) is 0.351. The second kappa shape index (κ2) is 6.32. The van der Waals surface area contributed by atoms with Gasteiger partial charge < -0.3 is 10.2 Å². The molecule has 0 bridgehead atoms. The summed E-state index contributed by atoms with van der Waals surface area (Å²) in [7, 11) is 0. The van der Waals surface area contributed by atoms with Crippen LogP contribution in [0.15, 0.2) is 54.6 Å². The Morgan fingerprint density at radius 3 is 2.57 bits per heavy atom. The van der Waals surface area contributed by atoms with E-state index in [1.54, 1.807) is 29.2 Å². The van der Waals surface area contributed by atoms with Gasteiger partial charge in [-0.1, -0.05) is 30.3 Å². The molecule has 5 heteroatoms. The van der Waals surface area contributed by atoms with E-state index < -0.39 is 5.92 Å². The number of carbonyl (C=O) groups excluding carboxylic acids is 2. The van der Waals surface area contributed by atoms with E-state index in [1.807, 2.05) is 36.4 Å². The van der Waals surface area contributed by atoms with Gasteiger partial charge in [0, 0.05) is 18.7 Å². The summed E-state index contributed by atoms with van der Waals surface area (Å²) in [5.74, 6) is -0.723. The van der Waals surface area contributed by atoms with Gasteiger partial charge in [0.1, 0.15) is 6.07 Å². The molecule has 114 valence electrons. The first-order valence-corrected chi connectivity index (χ1v) is 7.34.